The average molecular weight is 678 g/mol. The van der Waals surface area contributed by atoms with Gasteiger partial charge in [-0.3, -0.25) is 4.79 Å². The molecule has 1 amide bonds. The van der Waals surface area contributed by atoms with Crippen molar-refractivity contribution in [3.05, 3.63) is 136 Å². The molecule has 0 fully saturated rings. The molecule has 9 rings (SSSR count). The van der Waals surface area contributed by atoms with E-state index in [4.69, 9.17) is 20.4 Å². The quantitative estimate of drug-likeness (QED) is 0.173. The van der Waals surface area contributed by atoms with E-state index in [2.05, 4.69) is 32.3 Å². The second-order valence-corrected chi connectivity index (χ2v) is 12.3. The van der Waals surface area contributed by atoms with Crippen LogP contribution < -0.4 is 15.4 Å². The van der Waals surface area contributed by atoms with Crippen molar-refractivity contribution < 1.29 is 9.53 Å². The lowest BCUT2D eigenvalue weighted by Gasteiger charge is -2.35. The molecule has 0 saturated heterocycles. The SMILES string of the molecule is N#CC1=C(N)Oc2c(c3nc4ccccc4nc3c3ccccc23)C12C(=O)N(Cc1cnnn1-c1cccc(Br)c1)c1ccccc12. The van der Waals surface area contributed by atoms with Gasteiger partial charge in [0, 0.05) is 32.1 Å². The van der Waals surface area contributed by atoms with Crippen LogP contribution in [0.15, 0.2) is 119 Å². The molecular formula is C36H21BrN8O2. The van der Waals surface area contributed by atoms with Gasteiger partial charge in [-0.15, -0.1) is 5.10 Å². The number of ether oxygens (including phenoxy) is 1. The first-order chi connectivity index (χ1) is 23.0. The molecule has 2 aliphatic heterocycles. The number of para-hydroxylation sites is 3. The Bertz CT molecular complexity index is 2570. The van der Waals surface area contributed by atoms with Crippen LogP contribution in [0.4, 0.5) is 5.69 Å². The number of rotatable bonds is 3. The zero-order valence-corrected chi connectivity index (χ0v) is 26.0. The van der Waals surface area contributed by atoms with Gasteiger partial charge in [0.25, 0.3) is 0 Å². The van der Waals surface area contributed by atoms with Crippen molar-refractivity contribution in [2.45, 2.75) is 12.0 Å². The van der Waals surface area contributed by atoms with E-state index in [9.17, 15) is 5.26 Å². The summed E-state index contributed by atoms with van der Waals surface area (Å²) in [5, 5.41) is 20.8. The van der Waals surface area contributed by atoms with E-state index < -0.39 is 5.41 Å². The summed E-state index contributed by atoms with van der Waals surface area (Å²) in [7, 11) is 0. The summed E-state index contributed by atoms with van der Waals surface area (Å²) < 4.78 is 8.89. The lowest BCUT2D eigenvalue weighted by molar-refractivity contribution is -0.121. The van der Waals surface area contributed by atoms with Crippen LogP contribution in [-0.4, -0.2) is 30.9 Å². The van der Waals surface area contributed by atoms with Crippen molar-refractivity contribution in [2.24, 2.45) is 5.73 Å². The van der Waals surface area contributed by atoms with E-state index in [-0.39, 0.29) is 23.9 Å². The van der Waals surface area contributed by atoms with Gasteiger partial charge in [0.15, 0.2) is 0 Å². The highest BCUT2D eigenvalue weighted by molar-refractivity contribution is 9.10. The molecule has 7 aromatic rings. The third-order valence-electron chi connectivity index (χ3n) is 8.94. The summed E-state index contributed by atoms with van der Waals surface area (Å²) in [6.45, 7) is 0.117. The van der Waals surface area contributed by atoms with Crippen LogP contribution >= 0.6 is 15.9 Å². The molecule has 224 valence electrons. The molecular weight excluding hydrogens is 656 g/mol. The summed E-state index contributed by atoms with van der Waals surface area (Å²) in [6, 6.07) is 32.7. The Balaban J connectivity index is 1.36. The number of aromatic nitrogens is 5. The van der Waals surface area contributed by atoms with Crippen molar-refractivity contribution in [1.29, 1.82) is 5.26 Å². The van der Waals surface area contributed by atoms with Crippen LogP contribution in [0.1, 0.15) is 16.8 Å². The number of nitrogens with two attached hydrogens (primary N) is 1. The molecule has 4 heterocycles. The zero-order valence-electron chi connectivity index (χ0n) is 24.4. The molecule has 2 aromatic heterocycles. The van der Waals surface area contributed by atoms with Gasteiger partial charge in [0.1, 0.15) is 22.8 Å². The van der Waals surface area contributed by atoms with Gasteiger partial charge in [0.05, 0.1) is 46.2 Å². The predicted octanol–water partition coefficient (Wildman–Crippen LogP) is 6.20. The standard InChI is InChI=1S/C36H21BrN8O2/c37-20-8-7-9-21(16-20)45-22(18-40-43-45)19-44-29-15-6-3-12-25(29)36(35(44)46)26(17-38)34(39)47-33-24-11-2-1-10-23(24)31-32(30(33)36)42-28-14-5-4-13-27(28)41-31/h1-16,18H,19,39H2. The number of nitrogens with zero attached hydrogens (tertiary/aromatic N) is 7. The Morgan fingerprint density at radius 3 is 2.40 bits per heavy atom. The molecule has 1 atom stereocenters. The molecule has 0 radical (unpaired) electrons. The summed E-state index contributed by atoms with van der Waals surface area (Å²) in [4.78, 5) is 27.2. The molecule has 2 aliphatic rings. The molecule has 11 heteroatoms. The number of hydrogen-bond acceptors (Lipinski definition) is 8. The first-order valence-corrected chi connectivity index (χ1v) is 15.6. The average Bonchev–Trinajstić information content (AvgIpc) is 3.66. The van der Waals surface area contributed by atoms with E-state index in [0.29, 0.717) is 55.7 Å². The summed E-state index contributed by atoms with van der Waals surface area (Å²) >= 11 is 3.53. The van der Waals surface area contributed by atoms with E-state index in [0.717, 1.165) is 15.5 Å². The maximum atomic E-state index is 15.4. The number of nitriles is 1. The van der Waals surface area contributed by atoms with Gasteiger partial charge in [-0.1, -0.05) is 81.8 Å². The molecule has 5 aromatic carbocycles. The Morgan fingerprint density at radius 1 is 0.894 bits per heavy atom. The minimum Gasteiger partial charge on any atom is -0.439 e. The maximum Gasteiger partial charge on any atom is 0.248 e. The second kappa shape index (κ2) is 9.94. The van der Waals surface area contributed by atoms with Gasteiger partial charge in [-0.05, 0) is 36.4 Å². The van der Waals surface area contributed by atoms with Crippen LogP contribution in [0.5, 0.6) is 5.75 Å². The molecule has 0 aliphatic carbocycles. The lowest BCUT2D eigenvalue weighted by atomic mass is 9.67. The highest BCUT2D eigenvalue weighted by atomic mass is 79.9. The van der Waals surface area contributed by atoms with Gasteiger partial charge in [-0.2, -0.15) is 5.26 Å². The molecule has 1 spiro atoms. The third-order valence-corrected chi connectivity index (χ3v) is 9.43. The minimum atomic E-state index is -1.67. The van der Waals surface area contributed by atoms with Crippen LogP contribution in [0.25, 0.3) is 38.5 Å². The summed E-state index contributed by atoms with van der Waals surface area (Å²) in [5.41, 5.74) is 10.4. The monoisotopic (exact) mass is 676 g/mol. The molecule has 0 saturated carbocycles. The molecule has 0 bridgehead atoms. The summed E-state index contributed by atoms with van der Waals surface area (Å²) in [5.74, 6) is -0.125. The zero-order chi connectivity index (χ0) is 31.9. The van der Waals surface area contributed by atoms with Crippen molar-refractivity contribution in [3.8, 4) is 17.5 Å². The summed E-state index contributed by atoms with van der Waals surface area (Å²) in [6.07, 6.45) is 1.63. The van der Waals surface area contributed by atoms with E-state index in [1.165, 1.54) is 0 Å². The molecule has 2 N–H and O–H groups in total. The number of halogens is 1. The topological polar surface area (TPSA) is 136 Å². The van der Waals surface area contributed by atoms with E-state index in [1.54, 1.807) is 15.8 Å². The van der Waals surface area contributed by atoms with E-state index in [1.807, 2.05) is 97.1 Å². The molecule has 10 nitrogen and oxygen atoms in total. The third kappa shape index (κ3) is 3.67. The first kappa shape index (κ1) is 27.2. The van der Waals surface area contributed by atoms with Gasteiger partial charge >= 0.3 is 0 Å². The fourth-order valence-corrected chi connectivity index (χ4v) is 7.39. The number of amides is 1. The highest BCUT2D eigenvalue weighted by Gasteiger charge is 2.60. The first-order valence-electron chi connectivity index (χ1n) is 14.8. The largest absolute Gasteiger partial charge is 0.439 e. The van der Waals surface area contributed by atoms with Crippen LogP contribution in [0, 0.1) is 11.3 Å². The predicted molar refractivity (Wildman–Crippen MR) is 179 cm³/mol. The fraction of sp³-hybridized carbons (Fsp3) is 0.0556. The van der Waals surface area contributed by atoms with Crippen molar-refractivity contribution in [2.75, 3.05) is 4.90 Å². The normalized spacial score (nSPS) is 16.9. The van der Waals surface area contributed by atoms with Gasteiger partial charge < -0.3 is 15.4 Å². The smallest absolute Gasteiger partial charge is 0.248 e. The Kier molecular flexibility index (Phi) is 5.75. The van der Waals surface area contributed by atoms with Crippen molar-refractivity contribution in [1.82, 2.24) is 25.0 Å². The van der Waals surface area contributed by atoms with Crippen LogP contribution in [-0.2, 0) is 16.8 Å². The molecule has 1 unspecified atom stereocenters. The Morgan fingerprint density at radius 2 is 1.62 bits per heavy atom. The fourth-order valence-electron chi connectivity index (χ4n) is 7.00. The van der Waals surface area contributed by atoms with Crippen LogP contribution in [0.2, 0.25) is 0 Å². The number of fused-ring (bicyclic) bond motifs is 10. The number of anilines is 1. The highest BCUT2D eigenvalue weighted by Crippen LogP contribution is 2.58. The maximum absolute atomic E-state index is 15.4. The van der Waals surface area contributed by atoms with Crippen molar-refractivity contribution >= 4 is 60.4 Å². The minimum absolute atomic E-state index is 0.00453. The van der Waals surface area contributed by atoms with Gasteiger partial charge in [0.2, 0.25) is 11.8 Å². The van der Waals surface area contributed by atoms with Crippen LogP contribution in [0.3, 0.4) is 0 Å². The van der Waals surface area contributed by atoms with Crippen molar-refractivity contribution in [3.63, 3.8) is 0 Å². The lowest BCUT2D eigenvalue weighted by Crippen LogP contribution is -2.46. The number of carbonyl (C=O) groups is 1. The second-order valence-electron chi connectivity index (χ2n) is 11.4. The molecule has 47 heavy (non-hydrogen) atoms. The number of benzene rings is 5. The Hall–Kier alpha value is -6.12. The number of hydrogen-bond donors (Lipinski definition) is 1. The number of carbonyl (C=O) groups excluding carboxylic acids is 1. The van der Waals surface area contributed by atoms with Gasteiger partial charge in [-0.25, -0.2) is 14.6 Å². The Labute approximate surface area is 275 Å². The van der Waals surface area contributed by atoms with E-state index >= 15 is 4.79 Å².